The third-order valence-corrected chi connectivity index (χ3v) is 7.57. The number of pyridine rings is 1. The van der Waals surface area contributed by atoms with Crippen molar-refractivity contribution in [3.8, 4) is 0 Å². The minimum atomic E-state index is -0.132. The van der Waals surface area contributed by atoms with Crippen LogP contribution >= 0.6 is 23.1 Å². The molecule has 1 unspecified atom stereocenters. The van der Waals surface area contributed by atoms with Crippen molar-refractivity contribution in [2.24, 2.45) is 0 Å². The van der Waals surface area contributed by atoms with Crippen LogP contribution in [-0.2, 0) is 6.42 Å². The Hall–Kier alpha value is -2.83. The topological polar surface area (TPSA) is 55.7 Å². The van der Waals surface area contributed by atoms with Crippen molar-refractivity contribution in [3.05, 3.63) is 72.1 Å². The first-order valence-corrected chi connectivity index (χ1v) is 10.7. The maximum absolute atomic E-state index is 12.8. The maximum atomic E-state index is 12.8. The second kappa shape index (κ2) is 6.09. The predicted molar refractivity (Wildman–Crippen MR) is 114 cm³/mol. The summed E-state index contributed by atoms with van der Waals surface area (Å²) in [4.78, 5) is 27.6. The van der Waals surface area contributed by atoms with E-state index in [9.17, 15) is 4.79 Å². The van der Waals surface area contributed by atoms with Gasteiger partial charge in [-0.25, -0.2) is 15.0 Å². The molecule has 3 aromatic heterocycles. The van der Waals surface area contributed by atoms with Crippen LogP contribution in [0.4, 0.5) is 0 Å². The molecule has 0 aliphatic heterocycles. The molecule has 0 saturated heterocycles. The molecule has 1 aliphatic rings. The normalized spacial score (nSPS) is 16.3. The summed E-state index contributed by atoms with van der Waals surface area (Å²) >= 11 is 3.15. The van der Waals surface area contributed by atoms with Gasteiger partial charge in [0.1, 0.15) is 16.2 Å². The Balaban J connectivity index is 1.47. The molecule has 0 bridgehead atoms. The molecule has 0 spiro atoms. The first-order chi connectivity index (χ1) is 13.8. The van der Waals surface area contributed by atoms with Gasteiger partial charge in [0, 0.05) is 16.3 Å². The lowest BCUT2D eigenvalue weighted by molar-refractivity contribution is 0.1000. The molecular weight excluding hydrogens is 386 g/mol. The third-order valence-electron chi connectivity index (χ3n) is 5.15. The van der Waals surface area contributed by atoms with Crippen LogP contribution in [0.15, 0.2) is 66.0 Å². The summed E-state index contributed by atoms with van der Waals surface area (Å²) in [6.07, 6.45) is 2.34. The van der Waals surface area contributed by atoms with E-state index in [-0.39, 0.29) is 11.0 Å². The molecular formula is C22H13N3OS2. The summed E-state index contributed by atoms with van der Waals surface area (Å²) in [5.74, 6) is 0.192. The van der Waals surface area contributed by atoms with E-state index < -0.39 is 0 Å². The number of thioether (sulfide) groups is 1. The van der Waals surface area contributed by atoms with E-state index in [0.29, 0.717) is 0 Å². The molecule has 6 rings (SSSR count). The van der Waals surface area contributed by atoms with Crippen molar-refractivity contribution in [2.75, 3.05) is 0 Å². The number of rotatable bonds is 2. The number of ketones is 1. The standard InChI is InChI=1S/C22H13N3OS2/c26-19-14-7-3-1-5-12(14)10-17(19)27-22-20-18(23-11-24-22)15-9-13-6-2-4-8-16(13)25-21(15)28-20/h1-9,11,17H,10H2. The summed E-state index contributed by atoms with van der Waals surface area (Å²) < 4.78 is 1.01. The number of thiophene rings is 1. The summed E-state index contributed by atoms with van der Waals surface area (Å²) in [6.45, 7) is 0. The van der Waals surface area contributed by atoms with Gasteiger partial charge in [-0.3, -0.25) is 4.79 Å². The Labute approximate surface area is 168 Å². The highest BCUT2D eigenvalue weighted by atomic mass is 32.2. The fraction of sp³-hybridized carbons (Fsp3) is 0.0909. The minimum Gasteiger partial charge on any atom is -0.293 e. The van der Waals surface area contributed by atoms with E-state index in [0.717, 1.165) is 53.9 Å². The number of carbonyl (C=O) groups is 1. The number of hydrogen-bond donors (Lipinski definition) is 0. The van der Waals surface area contributed by atoms with Gasteiger partial charge in [-0.1, -0.05) is 54.2 Å². The van der Waals surface area contributed by atoms with Gasteiger partial charge in [0.15, 0.2) is 5.78 Å². The van der Waals surface area contributed by atoms with Gasteiger partial charge < -0.3 is 0 Å². The maximum Gasteiger partial charge on any atom is 0.176 e. The molecule has 0 amide bonds. The summed E-state index contributed by atoms with van der Waals surface area (Å²) in [5.41, 5.74) is 3.86. The Bertz CT molecular complexity index is 1410. The molecule has 0 saturated carbocycles. The average molecular weight is 400 g/mol. The number of nitrogens with zero attached hydrogens (tertiary/aromatic N) is 3. The van der Waals surface area contributed by atoms with E-state index in [1.54, 1.807) is 29.4 Å². The highest BCUT2D eigenvalue weighted by Gasteiger charge is 2.32. The van der Waals surface area contributed by atoms with Gasteiger partial charge in [-0.2, -0.15) is 0 Å². The molecule has 28 heavy (non-hydrogen) atoms. The zero-order chi connectivity index (χ0) is 18.7. The molecule has 2 aromatic carbocycles. The monoisotopic (exact) mass is 399 g/mol. The van der Waals surface area contributed by atoms with Crippen LogP contribution in [0.5, 0.6) is 0 Å². The van der Waals surface area contributed by atoms with Gasteiger partial charge in [0.2, 0.25) is 0 Å². The molecule has 6 heteroatoms. The predicted octanol–water partition coefficient (Wildman–Crippen LogP) is 5.29. The number of para-hydroxylation sites is 1. The molecule has 0 radical (unpaired) electrons. The van der Waals surface area contributed by atoms with Crippen LogP contribution in [0.1, 0.15) is 15.9 Å². The lowest BCUT2D eigenvalue weighted by Gasteiger charge is -2.07. The molecule has 5 aromatic rings. The number of carbonyl (C=O) groups excluding carboxylic acids is 1. The molecule has 0 N–H and O–H groups in total. The number of hydrogen-bond acceptors (Lipinski definition) is 6. The van der Waals surface area contributed by atoms with Crippen LogP contribution in [0.25, 0.3) is 31.3 Å². The SMILES string of the molecule is O=C1c2ccccc2CC1Sc1ncnc2c1sc1nc3ccccc3cc12. The van der Waals surface area contributed by atoms with E-state index in [1.165, 1.54) is 0 Å². The van der Waals surface area contributed by atoms with Crippen LogP contribution in [0.2, 0.25) is 0 Å². The van der Waals surface area contributed by atoms with E-state index >= 15 is 0 Å². The first kappa shape index (κ1) is 16.2. The van der Waals surface area contributed by atoms with Crippen molar-refractivity contribution < 1.29 is 4.79 Å². The first-order valence-electron chi connectivity index (χ1n) is 9.00. The zero-order valence-electron chi connectivity index (χ0n) is 14.6. The molecule has 1 aliphatic carbocycles. The van der Waals surface area contributed by atoms with Crippen molar-refractivity contribution in [1.29, 1.82) is 0 Å². The zero-order valence-corrected chi connectivity index (χ0v) is 16.3. The average Bonchev–Trinajstić information content (AvgIpc) is 3.25. The fourth-order valence-electron chi connectivity index (χ4n) is 3.80. The fourth-order valence-corrected chi connectivity index (χ4v) is 6.15. The van der Waals surface area contributed by atoms with Gasteiger partial charge in [0.05, 0.1) is 21.0 Å². The Morgan fingerprint density at radius 3 is 2.82 bits per heavy atom. The van der Waals surface area contributed by atoms with Crippen LogP contribution in [-0.4, -0.2) is 26.0 Å². The summed E-state index contributed by atoms with van der Waals surface area (Å²) in [5, 5.41) is 2.88. The highest BCUT2D eigenvalue weighted by molar-refractivity contribution is 8.01. The Morgan fingerprint density at radius 2 is 1.89 bits per heavy atom. The number of aromatic nitrogens is 3. The molecule has 4 nitrogen and oxygen atoms in total. The quantitative estimate of drug-likeness (QED) is 0.377. The smallest absolute Gasteiger partial charge is 0.176 e. The second-order valence-corrected chi connectivity index (χ2v) is 9.01. The van der Waals surface area contributed by atoms with E-state index in [2.05, 4.69) is 22.1 Å². The Morgan fingerprint density at radius 1 is 1.04 bits per heavy atom. The number of fused-ring (bicyclic) bond motifs is 5. The second-order valence-electron chi connectivity index (χ2n) is 6.82. The van der Waals surface area contributed by atoms with E-state index in [1.807, 2.05) is 42.5 Å². The van der Waals surface area contributed by atoms with Crippen molar-refractivity contribution in [3.63, 3.8) is 0 Å². The van der Waals surface area contributed by atoms with Gasteiger partial charge in [-0.05, 0) is 24.1 Å². The van der Waals surface area contributed by atoms with Crippen molar-refractivity contribution in [2.45, 2.75) is 16.7 Å². The van der Waals surface area contributed by atoms with Crippen molar-refractivity contribution >= 4 is 60.2 Å². The lowest BCUT2D eigenvalue weighted by atomic mass is 10.1. The van der Waals surface area contributed by atoms with Crippen LogP contribution in [0.3, 0.4) is 0 Å². The minimum absolute atomic E-state index is 0.132. The van der Waals surface area contributed by atoms with Crippen LogP contribution < -0.4 is 0 Å². The summed E-state index contributed by atoms with van der Waals surface area (Å²) in [6, 6.07) is 18.1. The highest BCUT2D eigenvalue weighted by Crippen LogP contribution is 2.41. The molecule has 0 fully saturated rings. The van der Waals surface area contributed by atoms with E-state index in [4.69, 9.17) is 4.98 Å². The van der Waals surface area contributed by atoms with Crippen LogP contribution in [0, 0.1) is 0 Å². The number of benzene rings is 2. The Kier molecular flexibility index (Phi) is 3.51. The van der Waals surface area contributed by atoms with Gasteiger partial charge in [0.25, 0.3) is 0 Å². The molecule has 134 valence electrons. The van der Waals surface area contributed by atoms with Gasteiger partial charge in [-0.15, -0.1) is 11.3 Å². The largest absolute Gasteiger partial charge is 0.293 e. The third kappa shape index (κ3) is 2.38. The number of Topliss-reactive ketones (excluding diaryl/α,β-unsaturated/α-hetero) is 1. The van der Waals surface area contributed by atoms with Crippen molar-refractivity contribution in [1.82, 2.24) is 15.0 Å². The summed E-state index contributed by atoms with van der Waals surface area (Å²) in [7, 11) is 0. The molecule has 1 atom stereocenters. The van der Waals surface area contributed by atoms with Gasteiger partial charge >= 0.3 is 0 Å². The lowest BCUT2D eigenvalue weighted by Crippen LogP contribution is -2.11. The molecule has 3 heterocycles.